The third-order valence-corrected chi connectivity index (χ3v) is 4.28. The molecule has 0 aliphatic heterocycles. The summed E-state index contributed by atoms with van der Waals surface area (Å²) >= 11 is 0. The molecule has 0 aromatic heterocycles. The topological polar surface area (TPSA) is 3.24 Å². The molecule has 0 saturated heterocycles. The van der Waals surface area contributed by atoms with Gasteiger partial charge in [-0.15, -0.1) is 6.58 Å². The van der Waals surface area contributed by atoms with Crippen LogP contribution in [-0.4, -0.2) is 25.0 Å². The van der Waals surface area contributed by atoms with E-state index < -0.39 is 0 Å². The summed E-state index contributed by atoms with van der Waals surface area (Å²) in [6.45, 7) is 18.1. The van der Waals surface area contributed by atoms with Crippen molar-refractivity contribution in [3.63, 3.8) is 0 Å². The summed E-state index contributed by atoms with van der Waals surface area (Å²) in [6.07, 6.45) is 5.81. The molecule has 0 N–H and O–H groups in total. The molecule has 0 bridgehead atoms. The minimum absolute atomic E-state index is 0.379. The molecule has 0 atom stereocenters. The Bertz CT molecular complexity index is 198. The van der Waals surface area contributed by atoms with Gasteiger partial charge < -0.3 is 4.90 Å². The molecule has 17 heavy (non-hydrogen) atoms. The van der Waals surface area contributed by atoms with Crippen LogP contribution < -0.4 is 0 Å². The second kappa shape index (κ2) is 7.92. The highest BCUT2D eigenvalue weighted by molar-refractivity contribution is 4.93. The van der Waals surface area contributed by atoms with Crippen molar-refractivity contribution in [2.24, 2.45) is 17.3 Å². The van der Waals surface area contributed by atoms with Crippen molar-refractivity contribution in [1.82, 2.24) is 4.90 Å². The van der Waals surface area contributed by atoms with E-state index >= 15 is 0 Å². The Balaban J connectivity index is 4.72. The van der Waals surface area contributed by atoms with Gasteiger partial charge in [0.25, 0.3) is 0 Å². The second-order valence-corrected chi connectivity index (χ2v) is 6.13. The van der Waals surface area contributed by atoms with Crippen molar-refractivity contribution in [2.75, 3.05) is 20.1 Å². The van der Waals surface area contributed by atoms with Crippen LogP contribution in [0.3, 0.4) is 0 Å². The smallest absolute Gasteiger partial charge is 0.00428 e. The molecule has 0 aromatic carbocycles. The Morgan fingerprint density at radius 1 is 1.18 bits per heavy atom. The average Bonchev–Trinajstić information content (AvgIpc) is 2.24. The molecule has 1 heteroatoms. The summed E-state index contributed by atoms with van der Waals surface area (Å²) in [6, 6.07) is 0. The molecule has 0 aliphatic rings. The van der Waals surface area contributed by atoms with E-state index in [-0.39, 0.29) is 0 Å². The zero-order valence-corrected chi connectivity index (χ0v) is 12.9. The van der Waals surface area contributed by atoms with Gasteiger partial charge in [-0.25, -0.2) is 0 Å². The molecule has 0 heterocycles. The Morgan fingerprint density at radius 3 is 2.06 bits per heavy atom. The van der Waals surface area contributed by atoms with Crippen molar-refractivity contribution in [3.05, 3.63) is 12.7 Å². The second-order valence-electron chi connectivity index (χ2n) is 6.13. The molecule has 0 rings (SSSR count). The van der Waals surface area contributed by atoms with Gasteiger partial charge in [0.05, 0.1) is 0 Å². The molecular weight excluding hydrogens is 206 g/mol. The SMILES string of the molecule is C=CCC(CN(C)CCCC)(C(C)C)C(C)C. The lowest BCUT2D eigenvalue weighted by atomic mass is 9.66. The summed E-state index contributed by atoms with van der Waals surface area (Å²) in [5.41, 5.74) is 0.379. The molecule has 1 nitrogen and oxygen atoms in total. The van der Waals surface area contributed by atoms with Crippen LogP contribution in [0, 0.1) is 17.3 Å². The van der Waals surface area contributed by atoms with Gasteiger partial charge in [-0.2, -0.15) is 0 Å². The van der Waals surface area contributed by atoms with E-state index in [0.717, 1.165) is 6.42 Å². The van der Waals surface area contributed by atoms with Gasteiger partial charge in [-0.05, 0) is 43.7 Å². The molecule has 0 aliphatic carbocycles. The van der Waals surface area contributed by atoms with Gasteiger partial charge in [0.1, 0.15) is 0 Å². The van der Waals surface area contributed by atoms with Crippen LogP contribution in [0.5, 0.6) is 0 Å². The minimum Gasteiger partial charge on any atom is -0.306 e. The molecule has 0 spiro atoms. The summed E-state index contributed by atoms with van der Waals surface area (Å²) in [7, 11) is 2.26. The molecule has 0 amide bonds. The fourth-order valence-corrected chi connectivity index (χ4v) is 2.85. The van der Waals surface area contributed by atoms with Crippen molar-refractivity contribution in [3.8, 4) is 0 Å². The first-order chi connectivity index (χ1) is 7.90. The number of hydrogen-bond donors (Lipinski definition) is 0. The molecule has 0 unspecified atom stereocenters. The fourth-order valence-electron chi connectivity index (χ4n) is 2.85. The molecule has 102 valence electrons. The van der Waals surface area contributed by atoms with Crippen molar-refractivity contribution in [2.45, 2.75) is 53.9 Å². The van der Waals surface area contributed by atoms with Gasteiger partial charge in [-0.3, -0.25) is 0 Å². The number of rotatable bonds is 9. The predicted molar refractivity (Wildman–Crippen MR) is 79.3 cm³/mol. The Kier molecular flexibility index (Phi) is 7.78. The van der Waals surface area contributed by atoms with Crippen LogP contribution in [0.15, 0.2) is 12.7 Å². The lowest BCUT2D eigenvalue weighted by Crippen LogP contribution is -2.43. The molecule has 0 radical (unpaired) electrons. The zero-order valence-electron chi connectivity index (χ0n) is 12.9. The Hall–Kier alpha value is -0.300. The van der Waals surface area contributed by atoms with Crippen LogP contribution in [0.25, 0.3) is 0 Å². The van der Waals surface area contributed by atoms with Crippen LogP contribution in [0.1, 0.15) is 53.9 Å². The zero-order chi connectivity index (χ0) is 13.5. The monoisotopic (exact) mass is 239 g/mol. The van der Waals surface area contributed by atoms with Crippen LogP contribution >= 0.6 is 0 Å². The number of allylic oxidation sites excluding steroid dienone is 1. The maximum Gasteiger partial charge on any atom is 0.00428 e. The van der Waals surface area contributed by atoms with Gasteiger partial charge in [0.15, 0.2) is 0 Å². The van der Waals surface area contributed by atoms with E-state index in [2.05, 4.69) is 59.2 Å². The normalized spacial score (nSPS) is 12.8. The summed E-state index contributed by atoms with van der Waals surface area (Å²) in [4.78, 5) is 2.51. The largest absolute Gasteiger partial charge is 0.306 e. The Labute approximate surface area is 109 Å². The molecule has 0 fully saturated rings. The summed E-state index contributed by atoms with van der Waals surface area (Å²) < 4.78 is 0. The number of unbranched alkanes of at least 4 members (excludes halogenated alkanes) is 1. The first-order valence-corrected chi connectivity index (χ1v) is 7.20. The van der Waals surface area contributed by atoms with Crippen molar-refractivity contribution in [1.29, 1.82) is 0 Å². The summed E-state index contributed by atoms with van der Waals surface area (Å²) in [5.74, 6) is 1.40. The third-order valence-electron chi connectivity index (χ3n) is 4.28. The number of nitrogens with zero attached hydrogens (tertiary/aromatic N) is 1. The van der Waals surface area contributed by atoms with Crippen LogP contribution in [-0.2, 0) is 0 Å². The average molecular weight is 239 g/mol. The first-order valence-electron chi connectivity index (χ1n) is 7.20. The van der Waals surface area contributed by atoms with E-state index in [1.165, 1.54) is 25.9 Å². The number of hydrogen-bond acceptors (Lipinski definition) is 1. The van der Waals surface area contributed by atoms with Crippen LogP contribution in [0.2, 0.25) is 0 Å². The van der Waals surface area contributed by atoms with Crippen LogP contribution in [0.4, 0.5) is 0 Å². The third kappa shape index (κ3) is 4.83. The maximum absolute atomic E-state index is 3.96. The first kappa shape index (κ1) is 16.7. The van der Waals surface area contributed by atoms with E-state index in [0.29, 0.717) is 17.3 Å². The fraction of sp³-hybridized carbons (Fsp3) is 0.875. The maximum atomic E-state index is 3.96. The molecule has 0 aromatic rings. The molecule has 0 saturated carbocycles. The minimum atomic E-state index is 0.379. The quantitative estimate of drug-likeness (QED) is 0.532. The van der Waals surface area contributed by atoms with E-state index in [4.69, 9.17) is 0 Å². The Morgan fingerprint density at radius 2 is 1.71 bits per heavy atom. The highest BCUT2D eigenvalue weighted by Crippen LogP contribution is 2.40. The van der Waals surface area contributed by atoms with E-state index in [1.54, 1.807) is 0 Å². The summed E-state index contributed by atoms with van der Waals surface area (Å²) in [5, 5.41) is 0. The highest BCUT2D eigenvalue weighted by atomic mass is 15.1. The lowest BCUT2D eigenvalue weighted by molar-refractivity contribution is 0.0641. The highest BCUT2D eigenvalue weighted by Gasteiger charge is 2.36. The standard InChI is InChI=1S/C16H33N/c1-8-10-12-17(7)13-16(11-9-2,14(3)4)15(5)6/h9,14-15H,2,8,10-13H2,1,3-7H3. The lowest BCUT2D eigenvalue weighted by Gasteiger charge is -2.43. The van der Waals surface area contributed by atoms with Gasteiger partial charge in [0, 0.05) is 6.54 Å². The van der Waals surface area contributed by atoms with Crippen molar-refractivity contribution >= 4 is 0 Å². The van der Waals surface area contributed by atoms with E-state index in [9.17, 15) is 0 Å². The van der Waals surface area contributed by atoms with E-state index in [1.807, 2.05) is 0 Å². The van der Waals surface area contributed by atoms with Gasteiger partial charge >= 0.3 is 0 Å². The van der Waals surface area contributed by atoms with Gasteiger partial charge in [-0.1, -0.05) is 47.1 Å². The molecular formula is C16H33N. The van der Waals surface area contributed by atoms with Gasteiger partial charge in [0.2, 0.25) is 0 Å². The predicted octanol–water partition coefficient (Wildman–Crippen LogP) is 4.59. The van der Waals surface area contributed by atoms with Crippen molar-refractivity contribution < 1.29 is 0 Å².